The Bertz CT molecular complexity index is 3540. The molecule has 2 heteroatoms. The fourth-order valence-electron chi connectivity index (χ4n) is 10.7. The van der Waals surface area contributed by atoms with Crippen LogP contribution in [0.5, 0.6) is 0 Å². The lowest BCUT2D eigenvalue weighted by Crippen LogP contribution is -2.29. The van der Waals surface area contributed by atoms with E-state index in [1.807, 2.05) is 6.07 Å². The van der Waals surface area contributed by atoms with Gasteiger partial charge in [-0.15, -0.1) is 0 Å². The second kappa shape index (κ2) is 13.0. The van der Waals surface area contributed by atoms with Crippen LogP contribution in [0, 0.1) is 0 Å². The minimum absolute atomic E-state index is 0.573. The van der Waals surface area contributed by atoms with Crippen molar-refractivity contribution in [1.82, 2.24) is 0 Å². The molecule has 1 aromatic heterocycles. The third-order valence-electron chi connectivity index (χ3n) is 13.3. The Kier molecular flexibility index (Phi) is 7.26. The molecule has 13 rings (SSSR count). The summed E-state index contributed by atoms with van der Waals surface area (Å²) in [5.74, 6) is 0. The van der Waals surface area contributed by atoms with Crippen LogP contribution >= 0.6 is 0 Å². The predicted octanol–water partition coefficient (Wildman–Crippen LogP) is 15.9. The van der Waals surface area contributed by atoms with Gasteiger partial charge in [0.1, 0.15) is 11.2 Å². The molecule has 1 unspecified atom stereocenters. The van der Waals surface area contributed by atoms with Crippen molar-refractivity contribution in [3.63, 3.8) is 0 Å². The van der Waals surface area contributed by atoms with E-state index in [4.69, 9.17) is 4.42 Å². The molecule has 2 nitrogen and oxygen atoms in total. The normalized spacial score (nSPS) is 14.6. The molecular weight excluding hydrogens is 739 g/mol. The van der Waals surface area contributed by atoms with Gasteiger partial charge in [0.15, 0.2) is 0 Å². The first-order valence-corrected chi connectivity index (χ1v) is 21.1. The first-order chi connectivity index (χ1) is 30.3. The maximum Gasteiger partial charge on any atom is 0.135 e. The molecule has 0 radical (unpaired) electrons. The van der Waals surface area contributed by atoms with E-state index >= 15 is 0 Å². The van der Waals surface area contributed by atoms with Crippen LogP contribution in [-0.4, -0.2) is 0 Å². The highest BCUT2D eigenvalue weighted by atomic mass is 16.3. The number of nitrogens with zero attached hydrogens (tertiary/aromatic N) is 1. The molecule has 0 saturated carbocycles. The zero-order valence-electron chi connectivity index (χ0n) is 33.2. The van der Waals surface area contributed by atoms with Crippen molar-refractivity contribution in [2.45, 2.75) is 5.41 Å². The summed E-state index contributed by atoms with van der Waals surface area (Å²) in [7, 11) is 0. The highest BCUT2D eigenvalue weighted by Gasteiger charge is 2.50. The van der Waals surface area contributed by atoms with Crippen molar-refractivity contribution in [2.75, 3.05) is 4.90 Å². The van der Waals surface area contributed by atoms with Crippen LogP contribution in [0.3, 0.4) is 0 Å². The van der Waals surface area contributed by atoms with Gasteiger partial charge in [-0.05, 0) is 126 Å². The number of fused-ring (bicyclic) bond motifs is 17. The molecule has 0 bridgehead atoms. The Balaban J connectivity index is 1.11. The second-order valence-electron chi connectivity index (χ2n) is 16.4. The number of hydrogen-bond donors (Lipinski definition) is 0. The molecule has 10 aromatic carbocycles. The molecule has 2 aliphatic rings. The topological polar surface area (TPSA) is 16.4 Å². The summed E-state index contributed by atoms with van der Waals surface area (Å²) in [5.41, 5.74) is 19.6. The van der Waals surface area contributed by atoms with Gasteiger partial charge in [0.2, 0.25) is 0 Å². The molecule has 1 spiro atoms. The first-order valence-electron chi connectivity index (χ1n) is 21.1. The van der Waals surface area contributed by atoms with E-state index in [1.165, 1.54) is 77.5 Å². The quantitative estimate of drug-likeness (QED) is 0.177. The summed E-state index contributed by atoms with van der Waals surface area (Å²) in [4.78, 5) is 2.41. The minimum Gasteiger partial charge on any atom is -0.456 e. The number of anilines is 3. The molecule has 1 atom stereocenters. The third-order valence-corrected chi connectivity index (χ3v) is 13.3. The van der Waals surface area contributed by atoms with Crippen LogP contribution in [0.15, 0.2) is 229 Å². The molecule has 1 heterocycles. The maximum atomic E-state index is 6.34. The van der Waals surface area contributed by atoms with E-state index in [-0.39, 0.29) is 0 Å². The lowest BCUT2D eigenvalue weighted by Gasteiger charge is -2.36. The Labute approximate surface area is 354 Å². The molecular formula is C59H37NO. The molecule has 284 valence electrons. The van der Waals surface area contributed by atoms with Gasteiger partial charge in [-0.2, -0.15) is 0 Å². The lowest BCUT2D eigenvalue weighted by atomic mass is 9.65. The van der Waals surface area contributed by atoms with Gasteiger partial charge in [0.25, 0.3) is 0 Å². The van der Waals surface area contributed by atoms with Crippen molar-refractivity contribution < 1.29 is 4.42 Å². The zero-order valence-corrected chi connectivity index (χ0v) is 33.2. The van der Waals surface area contributed by atoms with Crippen molar-refractivity contribution in [3.05, 3.63) is 247 Å². The van der Waals surface area contributed by atoms with Gasteiger partial charge in [0, 0.05) is 27.8 Å². The summed E-state index contributed by atoms with van der Waals surface area (Å²) in [5, 5.41) is 4.75. The summed E-state index contributed by atoms with van der Waals surface area (Å²) >= 11 is 0. The average Bonchev–Trinajstić information content (AvgIpc) is 3.82. The highest BCUT2D eigenvalue weighted by Crippen LogP contribution is 2.63. The van der Waals surface area contributed by atoms with Crippen molar-refractivity contribution in [2.24, 2.45) is 0 Å². The van der Waals surface area contributed by atoms with Gasteiger partial charge >= 0.3 is 0 Å². The molecule has 0 fully saturated rings. The van der Waals surface area contributed by atoms with E-state index in [1.54, 1.807) is 0 Å². The van der Waals surface area contributed by atoms with Crippen LogP contribution in [0.1, 0.15) is 22.3 Å². The molecule has 0 N–H and O–H groups in total. The smallest absolute Gasteiger partial charge is 0.135 e. The summed E-state index contributed by atoms with van der Waals surface area (Å²) in [6, 6.07) is 82.6. The van der Waals surface area contributed by atoms with Crippen LogP contribution in [0.4, 0.5) is 17.1 Å². The van der Waals surface area contributed by atoms with Crippen LogP contribution in [-0.2, 0) is 5.41 Å². The van der Waals surface area contributed by atoms with Crippen molar-refractivity contribution >= 4 is 49.8 Å². The number of rotatable bonds is 4. The Hall–Kier alpha value is -7.94. The lowest BCUT2D eigenvalue weighted by molar-refractivity contribution is 0.669. The van der Waals surface area contributed by atoms with Crippen molar-refractivity contribution in [3.8, 4) is 44.5 Å². The van der Waals surface area contributed by atoms with E-state index in [2.05, 4.69) is 223 Å². The fraction of sp³-hybridized carbons (Fsp3) is 0.0169. The van der Waals surface area contributed by atoms with E-state index in [9.17, 15) is 0 Å². The average molecular weight is 776 g/mol. The number of hydrogen-bond acceptors (Lipinski definition) is 2. The molecule has 11 aromatic rings. The summed E-state index contributed by atoms with van der Waals surface area (Å²) in [6.45, 7) is 0. The van der Waals surface area contributed by atoms with Crippen LogP contribution in [0.2, 0.25) is 0 Å². The van der Waals surface area contributed by atoms with Gasteiger partial charge in [-0.3, -0.25) is 0 Å². The largest absolute Gasteiger partial charge is 0.456 e. The summed E-state index contributed by atoms with van der Waals surface area (Å²) < 4.78 is 6.34. The Morgan fingerprint density at radius 1 is 0.311 bits per heavy atom. The van der Waals surface area contributed by atoms with Gasteiger partial charge < -0.3 is 9.32 Å². The SMILES string of the molecule is c1ccc(-c2ccc(N(c3ccc4c(c3)-c3ccccc3-c3ccccc3C43c4ccccc4-c4c3ccc3ccccc43)c3ccc4oc5ccccc5c4c3)cc2)cc1. The predicted molar refractivity (Wildman–Crippen MR) is 253 cm³/mol. The second-order valence-corrected chi connectivity index (χ2v) is 16.4. The fourth-order valence-corrected chi connectivity index (χ4v) is 10.7. The minimum atomic E-state index is -0.573. The third kappa shape index (κ3) is 4.85. The van der Waals surface area contributed by atoms with E-state index in [0.29, 0.717) is 0 Å². The molecule has 0 aliphatic heterocycles. The van der Waals surface area contributed by atoms with Gasteiger partial charge in [-0.1, -0.05) is 176 Å². The van der Waals surface area contributed by atoms with Crippen LogP contribution < -0.4 is 4.90 Å². The zero-order chi connectivity index (χ0) is 40.1. The number of benzene rings is 10. The molecule has 0 amide bonds. The van der Waals surface area contributed by atoms with E-state index < -0.39 is 5.41 Å². The first kappa shape index (κ1) is 34.0. The monoisotopic (exact) mass is 775 g/mol. The standard InChI is InChI=1S/C59H37NO/c1-2-14-38(15-3-1)39-26-29-41(30-27-39)60(43-32-35-57-51(37-43)48-21-10-13-25-56(48)61-57)42-31-34-54-50(36-42)46-19-7-6-18-45(46)47-20-8-11-23-52(47)59(54)53-24-12-9-22-49(53)58-44-17-5-4-16-40(44)28-33-55(58)59/h1-37H. The molecule has 0 saturated heterocycles. The number of para-hydroxylation sites is 1. The maximum absolute atomic E-state index is 6.34. The number of furan rings is 1. The van der Waals surface area contributed by atoms with E-state index in [0.717, 1.165) is 39.0 Å². The van der Waals surface area contributed by atoms with Gasteiger partial charge in [-0.25, -0.2) is 0 Å². The van der Waals surface area contributed by atoms with Gasteiger partial charge in [0.05, 0.1) is 5.41 Å². The van der Waals surface area contributed by atoms with Crippen LogP contribution in [0.25, 0.3) is 77.2 Å². The van der Waals surface area contributed by atoms with Crippen molar-refractivity contribution in [1.29, 1.82) is 0 Å². The highest BCUT2D eigenvalue weighted by molar-refractivity contribution is 6.08. The Morgan fingerprint density at radius 3 is 1.67 bits per heavy atom. The Morgan fingerprint density at radius 2 is 0.852 bits per heavy atom. The molecule has 61 heavy (non-hydrogen) atoms. The molecule has 2 aliphatic carbocycles. The summed E-state index contributed by atoms with van der Waals surface area (Å²) in [6.07, 6.45) is 0.